The number of hydroxylamine groups is 3. The van der Waals surface area contributed by atoms with Gasteiger partial charge in [0.15, 0.2) is 0 Å². The average Bonchev–Trinajstić information content (AvgIpc) is 2.71. The highest BCUT2D eigenvalue weighted by atomic mass is 16.7. The van der Waals surface area contributed by atoms with Gasteiger partial charge < -0.3 is 15.0 Å². The van der Waals surface area contributed by atoms with Crippen molar-refractivity contribution in [3.8, 4) is 0 Å². The second kappa shape index (κ2) is 11.5. The molecule has 1 fully saturated rings. The molecule has 2 rings (SSSR count). The zero-order valence-corrected chi connectivity index (χ0v) is 18.6. The quantitative estimate of drug-likeness (QED) is 0.454. The predicted octanol–water partition coefficient (Wildman–Crippen LogP) is 2.21. The number of likely N-dealkylation sites (N-methyl/N-ethyl adjacent to an activating group) is 1. The first-order chi connectivity index (χ1) is 14.7. The van der Waals surface area contributed by atoms with Gasteiger partial charge in [-0.3, -0.25) is 14.5 Å². The molecule has 1 aromatic carbocycles. The number of urea groups is 1. The average molecular weight is 437 g/mol. The summed E-state index contributed by atoms with van der Waals surface area (Å²) in [6.07, 6.45) is -0.159. The van der Waals surface area contributed by atoms with E-state index in [9.17, 15) is 14.4 Å². The number of nitrogens with one attached hydrogen (secondary N) is 2. The molecule has 172 valence electrons. The van der Waals surface area contributed by atoms with Gasteiger partial charge in [-0.2, -0.15) is 0 Å². The number of carbonyl (C=O) groups is 3. The summed E-state index contributed by atoms with van der Waals surface area (Å²) in [6.45, 7) is 8.23. The van der Waals surface area contributed by atoms with Crippen LogP contribution in [0.5, 0.6) is 0 Å². The standard InChI is InChI=1S/C21H32N4O6/c1-5-24-17(18(26)23-29-14-12-22-19(27)31-21(2,3)4)11-13-25(20(24)28)30-15-16-9-7-6-8-10-16/h6-10,17H,5,11-15H2,1-4H3,(H,22,27)(H,23,26)/t17-/m0/s1. The van der Waals surface area contributed by atoms with Gasteiger partial charge in [0.05, 0.1) is 13.2 Å². The number of hydrogen-bond acceptors (Lipinski definition) is 6. The fraction of sp³-hybridized carbons (Fsp3) is 0.571. The highest BCUT2D eigenvalue weighted by molar-refractivity contribution is 5.87. The molecule has 1 heterocycles. The number of ether oxygens (including phenoxy) is 1. The molecule has 1 atom stereocenters. The van der Waals surface area contributed by atoms with Crippen LogP contribution in [0.1, 0.15) is 39.7 Å². The van der Waals surface area contributed by atoms with Crippen LogP contribution >= 0.6 is 0 Å². The summed E-state index contributed by atoms with van der Waals surface area (Å²) in [7, 11) is 0. The topological polar surface area (TPSA) is 109 Å². The van der Waals surface area contributed by atoms with Crippen LogP contribution in [0.25, 0.3) is 0 Å². The molecule has 1 aliphatic rings. The van der Waals surface area contributed by atoms with E-state index < -0.39 is 23.6 Å². The maximum absolute atomic E-state index is 12.7. The lowest BCUT2D eigenvalue weighted by atomic mass is 10.1. The fourth-order valence-corrected chi connectivity index (χ4v) is 2.95. The van der Waals surface area contributed by atoms with Crippen LogP contribution in [0, 0.1) is 0 Å². The third kappa shape index (κ3) is 8.06. The highest BCUT2D eigenvalue weighted by Gasteiger charge is 2.37. The van der Waals surface area contributed by atoms with Crippen LogP contribution in [0.3, 0.4) is 0 Å². The Balaban J connectivity index is 1.74. The van der Waals surface area contributed by atoms with Crippen molar-refractivity contribution >= 4 is 18.0 Å². The lowest BCUT2D eigenvalue weighted by Gasteiger charge is -2.39. The molecule has 1 saturated heterocycles. The Labute approximate surface area is 182 Å². The van der Waals surface area contributed by atoms with Crippen LogP contribution in [0.15, 0.2) is 30.3 Å². The van der Waals surface area contributed by atoms with E-state index in [4.69, 9.17) is 14.4 Å². The molecule has 0 aromatic heterocycles. The second-order valence-electron chi connectivity index (χ2n) is 7.98. The molecule has 31 heavy (non-hydrogen) atoms. The van der Waals surface area contributed by atoms with E-state index in [2.05, 4.69) is 10.8 Å². The van der Waals surface area contributed by atoms with Gasteiger partial charge in [-0.1, -0.05) is 30.3 Å². The number of amides is 4. The molecule has 0 saturated carbocycles. The molecule has 2 N–H and O–H groups in total. The van der Waals surface area contributed by atoms with Crippen molar-refractivity contribution in [3.05, 3.63) is 35.9 Å². The Morgan fingerprint density at radius 1 is 1.19 bits per heavy atom. The van der Waals surface area contributed by atoms with Crippen molar-refractivity contribution in [1.82, 2.24) is 20.8 Å². The van der Waals surface area contributed by atoms with Gasteiger partial charge in [0.2, 0.25) is 0 Å². The Bertz CT molecular complexity index is 737. The van der Waals surface area contributed by atoms with E-state index in [1.54, 1.807) is 27.7 Å². The van der Waals surface area contributed by atoms with E-state index in [0.29, 0.717) is 19.5 Å². The number of hydrogen-bond donors (Lipinski definition) is 2. The Kier molecular flexibility index (Phi) is 9.07. The predicted molar refractivity (Wildman–Crippen MR) is 112 cm³/mol. The lowest BCUT2D eigenvalue weighted by Crippen LogP contribution is -2.58. The van der Waals surface area contributed by atoms with Gasteiger partial charge in [-0.15, -0.1) is 0 Å². The number of nitrogens with zero attached hydrogens (tertiary/aromatic N) is 2. The summed E-state index contributed by atoms with van der Waals surface area (Å²) in [6, 6.07) is 8.52. The SMILES string of the molecule is CCN1C(=O)N(OCc2ccccc2)CC[C@H]1C(=O)NOCCNC(=O)OC(C)(C)C. The minimum absolute atomic E-state index is 0.0596. The first-order valence-corrected chi connectivity index (χ1v) is 10.3. The normalized spacial score (nSPS) is 16.8. The zero-order chi connectivity index (χ0) is 22.9. The fourth-order valence-electron chi connectivity index (χ4n) is 2.95. The van der Waals surface area contributed by atoms with Crippen LogP contribution in [-0.2, 0) is 25.8 Å². The Morgan fingerprint density at radius 3 is 2.55 bits per heavy atom. The second-order valence-corrected chi connectivity index (χ2v) is 7.98. The summed E-state index contributed by atoms with van der Waals surface area (Å²) in [5.41, 5.74) is 2.71. The van der Waals surface area contributed by atoms with Crippen LogP contribution < -0.4 is 10.8 Å². The molecule has 10 heteroatoms. The van der Waals surface area contributed by atoms with Gasteiger partial charge in [0, 0.05) is 13.1 Å². The van der Waals surface area contributed by atoms with Crippen LogP contribution in [0.4, 0.5) is 9.59 Å². The van der Waals surface area contributed by atoms with Crippen LogP contribution in [0.2, 0.25) is 0 Å². The van der Waals surface area contributed by atoms with Gasteiger partial charge in [0.25, 0.3) is 5.91 Å². The Morgan fingerprint density at radius 2 is 1.90 bits per heavy atom. The molecule has 1 aliphatic heterocycles. The molecule has 4 amide bonds. The molecular weight excluding hydrogens is 404 g/mol. The molecule has 0 unspecified atom stereocenters. The van der Waals surface area contributed by atoms with Crippen molar-refractivity contribution in [2.75, 3.05) is 26.2 Å². The van der Waals surface area contributed by atoms with Gasteiger partial charge >= 0.3 is 12.1 Å². The molecule has 0 radical (unpaired) electrons. The van der Waals surface area contributed by atoms with Gasteiger partial charge in [-0.25, -0.2) is 20.1 Å². The van der Waals surface area contributed by atoms with Gasteiger partial charge in [-0.05, 0) is 39.7 Å². The maximum atomic E-state index is 12.7. The minimum Gasteiger partial charge on any atom is -0.444 e. The molecule has 10 nitrogen and oxygen atoms in total. The first-order valence-electron chi connectivity index (χ1n) is 10.3. The Hall–Kier alpha value is -2.85. The van der Waals surface area contributed by atoms with E-state index in [-0.39, 0.29) is 25.8 Å². The van der Waals surface area contributed by atoms with Crippen molar-refractivity contribution in [3.63, 3.8) is 0 Å². The number of benzene rings is 1. The number of carbonyl (C=O) groups excluding carboxylic acids is 3. The summed E-state index contributed by atoms with van der Waals surface area (Å²) >= 11 is 0. The zero-order valence-electron chi connectivity index (χ0n) is 18.6. The molecule has 0 aliphatic carbocycles. The third-order valence-electron chi connectivity index (χ3n) is 4.36. The maximum Gasteiger partial charge on any atom is 0.407 e. The smallest absolute Gasteiger partial charge is 0.407 e. The summed E-state index contributed by atoms with van der Waals surface area (Å²) < 4.78 is 5.11. The minimum atomic E-state index is -0.659. The first kappa shape index (κ1) is 24.4. The monoisotopic (exact) mass is 436 g/mol. The van der Waals surface area contributed by atoms with E-state index >= 15 is 0 Å². The molecular formula is C21H32N4O6. The largest absolute Gasteiger partial charge is 0.444 e. The van der Waals surface area contributed by atoms with Crippen molar-refractivity contribution < 1.29 is 28.8 Å². The summed E-state index contributed by atoms with van der Waals surface area (Å²) in [4.78, 5) is 49.0. The summed E-state index contributed by atoms with van der Waals surface area (Å²) in [5.74, 6) is -0.421. The van der Waals surface area contributed by atoms with Crippen molar-refractivity contribution in [2.45, 2.75) is 52.4 Å². The van der Waals surface area contributed by atoms with Crippen molar-refractivity contribution in [1.29, 1.82) is 0 Å². The number of rotatable bonds is 9. The van der Waals surface area contributed by atoms with E-state index in [1.807, 2.05) is 30.3 Å². The highest BCUT2D eigenvalue weighted by Crippen LogP contribution is 2.18. The number of alkyl carbamates (subject to hydrolysis) is 1. The molecule has 0 spiro atoms. The van der Waals surface area contributed by atoms with E-state index in [0.717, 1.165) is 5.56 Å². The lowest BCUT2D eigenvalue weighted by molar-refractivity contribution is -0.161. The van der Waals surface area contributed by atoms with E-state index in [1.165, 1.54) is 9.96 Å². The van der Waals surface area contributed by atoms with Crippen molar-refractivity contribution in [2.24, 2.45) is 0 Å². The van der Waals surface area contributed by atoms with Gasteiger partial charge in [0.1, 0.15) is 18.2 Å². The molecule has 0 bridgehead atoms. The van der Waals surface area contributed by atoms with Crippen LogP contribution in [-0.4, -0.2) is 65.9 Å². The summed E-state index contributed by atoms with van der Waals surface area (Å²) in [5, 5.41) is 3.81. The third-order valence-corrected chi connectivity index (χ3v) is 4.36. The molecule has 1 aromatic rings.